The number of aliphatic hydroxyl groups excluding tert-OH is 1. The molecule has 1 saturated carbocycles. The third-order valence-corrected chi connectivity index (χ3v) is 5.19. The molecule has 2 N–H and O–H groups in total. The fraction of sp³-hybridized carbons (Fsp3) is 0.786. The lowest BCUT2D eigenvalue weighted by molar-refractivity contribution is 0.113. The maximum atomic E-state index is 9.51. The molecule has 0 amide bonds. The predicted octanol–water partition coefficient (Wildman–Crippen LogP) is 2.91. The topological polar surface area (TPSA) is 45.1 Å². The molecule has 18 heavy (non-hydrogen) atoms. The van der Waals surface area contributed by atoms with E-state index in [0.29, 0.717) is 0 Å². The van der Waals surface area contributed by atoms with Gasteiger partial charge in [0.2, 0.25) is 0 Å². The number of thiazole rings is 1. The van der Waals surface area contributed by atoms with Crippen LogP contribution in [0, 0.1) is 5.41 Å². The largest absolute Gasteiger partial charge is 0.396 e. The van der Waals surface area contributed by atoms with Crippen LogP contribution in [0.15, 0.2) is 5.38 Å². The molecule has 102 valence electrons. The monoisotopic (exact) mass is 268 g/mol. The molecule has 0 bridgehead atoms. The van der Waals surface area contributed by atoms with Gasteiger partial charge in [0.1, 0.15) is 0 Å². The molecule has 1 aromatic rings. The van der Waals surface area contributed by atoms with Gasteiger partial charge in [-0.05, 0) is 25.7 Å². The lowest BCUT2D eigenvalue weighted by Crippen LogP contribution is -2.36. The fourth-order valence-corrected chi connectivity index (χ4v) is 3.15. The Bertz CT molecular complexity index is 361. The summed E-state index contributed by atoms with van der Waals surface area (Å²) in [5.41, 5.74) is 1.19. The zero-order valence-corrected chi connectivity index (χ0v) is 12.2. The second-order valence-electron chi connectivity index (χ2n) is 5.42. The molecule has 0 aromatic carbocycles. The maximum absolute atomic E-state index is 9.51. The minimum atomic E-state index is 0.0370. The average Bonchev–Trinajstić information content (AvgIpc) is 3.16. The Morgan fingerprint density at radius 3 is 2.72 bits per heavy atom. The molecule has 3 nitrogen and oxygen atoms in total. The predicted molar refractivity (Wildman–Crippen MR) is 75.9 cm³/mol. The standard InChI is InChI=1S/C14H24N2OS/c1-3-14(4-2,10-17)9-15-7-12-8-18-13(16-12)11-5-6-11/h8,11,15,17H,3-7,9-10H2,1-2H3. The Balaban J connectivity index is 1.79. The molecule has 1 aliphatic carbocycles. The van der Waals surface area contributed by atoms with Crippen LogP contribution < -0.4 is 5.32 Å². The zero-order valence-electron chi connectivity index (χ0n) is 11.4. The quantitative estimate of drug-likeness (QED) is 0.762. The van der Waals surface area contributed by atoms with E-state index in [1.807, 2.05) is 0 Å². The first kappa shape index (κ1) is 14.0. The van der Waals surface area contributed by atoms with E-state index < -0.39 is 0 Å². The van der Waals surface area contributed by atoms with Crippen LogP contribution in [0.5, 0.6) is 0 Å². The van der Waals surface area contributed by atoms with Crippen molar-refractivity contribution in [2.45, 2.75) is 52.0 Å². The van der Waals surface area contributed by atoms with Crippen LogP contribution in [0.3, 0.4) is 0 Å². The van der Waals surface area contributed by atoms with Crippen molar-refractivity contribution in [2.24, 2.45) is 5.41 Å². The Morgan fingerprint density at radius 1 is 1.44 bits per heavy atom. The van der Waals surface area contributed by atoms with E-state index in [9.17, 15) is 5.11 Å². The number of aliphatic hydroxyl groups is 1. The molecule has 1 aliphatic rings. The van der Waals surface area contributed by atoms with E-state index in [2.05, 4.69) is 29.5 Å². The van der Waals surface area contributed by atoms with Gasteiger partial charge in [0.15, 0.2) is 0 Å². The summed E-state index contributed by atoms with van der Waals surface area (Å²) >= 11 is 1.79. The van der Waals surface area contributed by atoms with E-state index in [-0.39, 0.29) is 12.0 Å². The van der Waals surface area contributed by atoms with Crippen LogP contribution in [-0.2, 0) is 6.54 Å². The molecule has 0 radical (unpaired) electrons. The first-order valence-electron chi connectivity index (χ1n) is 6.99. The smallest absolute Gasteiger partial charge is 0.0959 e. The van der Waals surface area contributed by atoms with Crippen molar-refractivity contribution in [3.63, 3.8) is 0 Å². The molecule has 1 heterocycles. The highest BCUT2D eigenvalue weighted by atomic mass is 32.1. The summed E-state index contributed by atoms with van der Waals surface area (Å²) in [4.78, 5) is 4.66. The number of hydrogen-bond donors (Lipinski definition) is 2. The highest BCUT2D eigenvalue weighted by Crippen LogP contribution is 2.41. The first-order chi connectivity index (χ1) is 8.73. The molecule has 0 aliphatic heterocycles. The van der Waals surface area contributed by atoms with E-state index in [1.54, 1.807) is 11.3 Å². The molecule has 0 unspecified atom stereocenters. The van der Waals surface area contributed by atoms with Crippen LogP contribution in [0.1, 0.15) is 56.2 Å². The van der Waals surface area contributed by atoms with Crippen molar-refractivity contribution in [2.75, 3.05) is 13.2 Å². The first-order valence-corrected chi connectivity index (χ1v) is 7.87. The van der Waals surface area contributed by atoms with Crippen molar-refractivity contribution < 1.29 is 5.11 Å². The molecule has 1 fully saturated rings. The summed E-state index contributed by atoms with van der Waals surface area (Å²) in [5, 5.41) is 16.4. The van der Waals surface area contributed by atoms with Gasteiger partial charge in [-0.15, -0.1) is 11.3 Å². The van der Waals surface area contributed by atoms with Crippen LogP contribution in [-0.4, -0.2) is 23.2 Å². The van der Waals surface area contributed by atoms with E-state index >= 15 is 0 Å². The van der Waals surface area contributed by atoms with Gasteiger partial charge in [-0.3, -0.25) is 0 Å². The van der Waals surface area contributed by atoms with Crippen molar-refractivity contribution in [3.8, 4) is 0 Å². The molecule has 1 aromatic heterocycles. The second kappa shape index (κ2) is 6.13. The van der Waals surface area contributed by atoms with Crippen molar-refractivity contribution in [1.29, 1.82) is 0 Å². The Hall–Kier alpha value is -0.450. The third kappa shape index (κ3) is 3.31. The van der Waals surface area contributed by atoms with E-state index in [1.165, 1.54) is 17.8 Å². The van der Waals surface area contributed by atoms with Crippen LogP contribution in [0.4, 0.5) is 0 Å². The fourth-order valence-electron chi connectivity index (χ4n) is 2.16. The second-order valence-corrected chi connectivity index (χ2v) is 6.31. The minimum absolute atomic E-state index is 0.0370. The normalized spacial score (nSPS) is 16.2. The summed E-state index contributed by atoms with van der Waals surface area (Å²) < 4.78 is 0. The lowest BCUT2D eigenvalue weighted by atomic mass is 9.83. The number of rotatable bonds is 8. The summed E-state index contributed by atoms with van der Waals surface area (Å²) in [6, 6.07) is 0. The van der Waals surface area contributed by atoms with Gasteiger partial charge in [-0.25, -0.2) is 4.98 Å². The molecule has 2 rings (SSSR count). The van der Waals surface area contributed by atoms with Gasteiger partial charge in [0, 0.05) is 36.4 Å². The maximum Gasteiger partial charge on any atom is 0.0959 e. The lowest BCUT2D eigenvalue weighted by Gasteiger charge is -2.29. The highest BCUT2D eigenvalue weighted by molar-refractivity contribution is 7.09. The summed E-state index contributed by atoms with van der Waals surface area (Å²) in [5.74, 6) is 0.756. The van der Waals surface area contributed by atoms with Gasteiger partial charge >= 0.3 is 0 Å². The molecule has 0 saturated heterocycles. The Labute approximate surface area is 114 Å². The van der Waals surface area contributed by atoms with Crippen molar-refractivity contribution >= 4 is 11.3 Å². The summed E-state index contributed by atoms with van der Waals surface area (Å²) in [7, 11) is 0. The van der Waals surface area contributed by atoms with Crippen molar-refractivity contribution in [3.05, 3.63) is 16.1 Å². The van der Waals surface area contributed by atoms with Gasteiger partial charge in [-0.2, -0.15) is 0 Å². The number of nitrogens with one attached hydrogen (secondary N) is 1. The minimum Gasteiger partial charge on any atom is -0.396 e. The molecule has 0 spiro atoms. The Morgan fingerprint density at radius 2 is 2.17 bits per heavy atom. The Kier molecular flexibility index (Phi) is 4.76. The summed E-state index contributed by atoms with van der Waals surface area (Å²) in [6.07, 6.45) is 4.66. The van der Waals surface area contributed by atoms with Crippen LogP contribution in [0.25, 0.3) is 0 Å². The number of hydrogen-bond acceptors (Lipinski definition) is 4. The molecule has 4 heteroatoms. The van der Waals surface area contributed by atoms with Gasteiger partial charge < -0.3 is 10.4 Å². The highest BCUT2D eigenvalue weighted by Gasteiger charge is 2.27. The molecule has 0 atom stereocenters. The van der Waals surface area contributed by atoms with E-state index in [0.717, 1.165) is 37.5 Å². The van der Waals surface area contributed by atoms with Crippen LogP contribution >= 0.6 is 11.3 Å². The molecular formula is C14H24N2OS. The van der Waals surface area contributed by atoms with Crippen molar-refractivity contribution in [1.82, 2.24) is 10.3 Å². The SMILES string of the molecule is CCC(CC)(CO)CNCc1csc(C2CC2)n1. The van der Waals surface area contributed by atoms with Gasteiger partial charge in [-0.1, -0.05) is 13.8 Å². The van der Waals surface area contributed by atoms with Crippen LogP contribution in [0.2, 0.25) is 0 Å². The summed E-state index contributed by atoms with van der Waals surface area (Å²) in [6.45, 7) is 6.25. The van der Waals surface area contributed by atoms with Gasteiger partial charge in [0.05, 0.1) is 10.7 Å². The van der Waals surface area contributed by atoms with E-state index in [4.69, 9.17) is 0 Å². The number of nitrogens with zero attached hydrogens (tertiary/aromatic N) is 1. The molecular weight excluding hydrogens is 244 g/mol. The zero-order chi connectivity index (χ0) is 13.0. The number of aromatic nitrogens is 1. The van der Waals surface area contributed by atoms with Gasteiger partial charge in [0.25, 0.3) is 0 Å². The third-order valence-electron chi connectivity index (χ3n) is 4.14. The average molecular weight is 268 g/mol.